The van der Waals surface area contributed by atoms with Crippen LogP contribution in [0.5, 0.6) is 0 Å². The number of hydrogen-bond donors (Lipinski definition) is 0. The second kappa shape index (κ2) is 8.11. The Labute approximate surface area is 157 Å². The third kappa shape index (κ3) is 4.87. The van der Waals surface area contributed by atoms with Crippen LogP contribution in [0.2, 0.25) is 0 Å². The van der Waals surface area contributed by atoms with Gasteiger partial charge in [-0.2, -0.15) is 4.31 Å². The molecular weight excluding hydrogens is 348 g/mol. The minimum atomic E-state index is -3.27. The second-order valence-corrected chi connectivity index (χ2v) is 9.98. The van der Waals surface area contributed by atoms with Gasteiger partial charge >= 0.3 is 0 Å². The second-order valence-electron chi connectivity index (χ2n) is 7.89. The quantitative estimate of drug-likeness (QED) is 0.762. The zero-order valence-electron chi connectivity index (χ0n) is 15.9. The van der Waals surface area contributed by atoms with E-state index in [4.69, 9.17) is 4.74 Å². The molecule has 6 heteroatoms. The van der Waals surface area contributed by atoms with Crippen molar-refractivity contribution in [2.45, 2.75) is 33.1 Å². The van der Waals surface area contributed by atoms with E-state index in [-0.39, 0.29) is 11.2 Å². The average molecular weight is 379 g/mol. The lowest BCUT2D eigenvalue weighted by atomic mass is 9.79. The molecule has 1 aromatic carbocycles. The van der Waals surface area contributed by atoms with E-state index in [1.165, 1.54) is 12.1 Å². The summed E-state index contributed by atoms with van der Waals surface area (Å²) in [6.07, 6.45) is 5.46. The molecule has 0 spiro atoms. The molecule has 3 rings (SSSR count). The molecule has 0 saturated carbocycles. The Bertz CT molecular complexity index is 723. The number of ether oxygens (including phenoxy) is 1. The summed E-state index contributed by atoms with van der Waals surface area (Å²) in [5, 5.41) is 0. The van der Waals surface area contributed by atoms with Gasteiger partial charge in [0, 0.05) is 31.0 Å². The Morgan fingerprint density at radius 2 is 1.85 bits per heavy atom. The van der Waals surface area contributed by atoms with E-state index in [2.05, 4.69) is 37.0 Å². The number of morpholine rings is 1. The Morgan fingerprint density at radius 3 is 2.50 bits per heavy atom. The van der Waals surface area contributed by atoms with Crippen LogP contribution >= 0.6 is 0 Å². The molecule has 0 atom stereocenters. The van der Waals surface area contributed by atoms with E-state index in [9.17, 15) is 8.42 Å². The summed E-state index contributed by atoms with van der Waals surface area (Å²) >= 11 is 0. The fourth-order valence-corrected chi connectivity index (χ4v) is 5.07. The van der Waals surface area contributed by atoms with Gasteiger partial charge in [0.1, 0.15) is 0 Å². The van der Waals surface area contributed by atoms with E-state index in [1.54, 1.807) is 4.31 Å². The Morgan fingerprint density at radius 1 is 1.15 bits per heavy atom. The predicted molar refractivity (Wildman–Crippen MR) is 106 cm³/mol. The largest absolute Gasteiger partial charge is 0.379 e. The van der Waals surface area contributed by atoms with Crippen molar-refractivity contribution < 1.29 is 13.2 Å². The maximum absolute atomic E-state index is 12.8. The molecule has 0 aromatic heterocycles. The van der Waals surface area contributed by atoms with Crippen LogP contribution in [0.4, 0.5) is 5.69 Å². The standard InChI is InChI=1S/C20H30N2O3S/c1-20(2)10-6-9-19(17-20)22(18-7-4-3-5-8-18)13-16-26(23,24)21-11-14-25-15-12-21/h3-5,7-9H,6,10-17H2,1-2H3. The van der Waals surface area contributed by atoms with E-state index >= 15 is 0 Å². The minimum Gasteiger partial charge on any atom is -0.379 e. The predicted octanol–water partition coefficient (Wildman–Crippen LogP) is 3.25. The van der Waals surface area contributed by atoms with Gasteiger partial charge in [-0.05, 0) is 36.8 Å². The molecule has 0 bridgehead atoms. The monoisotopic (exact) mass is 378 g/mol. The fourth-order valence-electron chi connectivity index (χ4n) is 3.69. The number of benzene rings is 1. The van der Waals surface area contributed by atoms with Crippen LogP contribution in [-0.4, -0.2) is 51.3 Å². The molecule has 1 fully saturated rings. The molecule has 2 aliphatic rings. The number of sulfonamides is 1. The van der Waals surface area contributed by atoms with E-state index in [1.807, 2.05) is 18.2 Å². The third-order valence-electron chi connectivity index (χ3n) is 5.21. The lowest BCUT2D eigenvalue weighted by molar-refractivity contribution is 0.0731. The summed E-state index contributed by atoms with van der Waals surface area (Å²) in [5.74, 6) is 0.125. The number of para-hydroxylation sites is 1. The van der Waals surface area contributed by atoms with Crippen LogP contribution in [0.1, 0.15) is 33.1 Å². The number of hydrogen-bond acceptors (Lipinski definition) is 4. The molecule has 0 radical (unpaired) electrons. The highest BCUT2D eigenvalue weighted by molar-refractivity contribution is 7.89. The summed E-state index contributed by atoms with van der Waals surface area (Å²) in [5.41, 5.74) is 2.55. The van der Waals surface area contributed by atoms with E-state index in [0.717, 1.165) is 18.5 Å². The van der Waals surface area contributed by atoms with Gasteiger partial charge in [0.2, 0.25) is 10.0 Å². The molecule has 1 aromatic rings. The Hall–Kier alpha value is -1.37. The summed E-state index contributed by atoms with van der Waals surface area (Å²) in [6, 6.07) is 10.1. The number of rotatable bonds is 6. The van der Waals surface area contributed by atoms with Gasteiger partial charge in [0.15, 0.2) is 0 Å². The molecule has 144 valence electrons. The van der Waals surface area contributed by atoms with Gasteiger partial charge in [0.05, 0.1) is 19.0 Å². The fraction of sp³-hybridized carbons (Fsp3) is 0.600. The first-order valence-electron chi connectivity index (χ1n) is 9.45. The van der Waals surface area contributed by atoms with Gasteiger partial charge in [-0.1, -0.05) is 38.1 Å². The van der Waals surface area contributed by atoms with Crippen molar-refractivity contribution in [3.05, 3.63) is 42.1 Å². The van der Waals surface area contributed by atoms with Crippen molar-refractivity contribution in [2.24, 2.45) is 5.41 Å². The van der Waals surface area contributed by atoms with Crippen molar-refractivity contribution in [3.8, 4) is 0 Å². The van der Waals surface area contributed by atoms with Gasteiger partial charge in [-0.15, -0.1) is 0 Å². The first-order chi connectivity index (χ1) is 12.4. The number of nitrogens with zero attached hydrogens (tertiary/aromatic N) is 2. The van der Waals surface area contributed by atoms with Crippen LogP contribution in [-0.2, 0) is 14.8 Å². The maximum Gasteiger partial charge on any atom is 0.216 e. The van der Waals surface area contributed by atoms with Crippen molar-refractivity contribution in [2.75, 3.05) is 43.5 Å². The topological polar surface area (TPSA) is 49.9 Å². The summed E-state index contributed by atoms with van der Waals surface area (Å²) in [6.45, 7) is 6.95. The highest BCUT2D eigenvalue weighted by Gasteiger charge is 2.29. The lowest BCUT2D eigenvalue weighted by Gasteiger charge is -2.37. The van der Waals surface area contributed by atoms with Gasteiger partial charge < -0.3 is 9.64 Å². The molecule has 1 saturated heterocycles. The van der Waals surface area contributed by atoms with Crippen LogP contribution in [0, 0.1) is 5.41 Å². The molecule has 26 heavy (non-hydrogen) atoms. The molecule has 1 aliphatic carbocycles. The average Bonchev–Trinajstić information content (AvgIpc) is 2.63. The molecule has 0 N–H and O–H groups in total. The maximum atomic E-state index is 12.8. The third-order valence-corrected chi connectivity index (χ3v) is 7.06. The van der Waals surface area contributed by atoms with Crippen molar-refractivity contribution in [1.82, 2.24) is 4.31 Å². The van der Waals surface area contributed by atoms with Crippen molar-refractivity contribution >= 4 is 15.7 Å². The van der Waals surface area contributed by atoms with Crippen LogP contribution < -0.4 is 4.90 Å². The van der Waals surface area contributed by atoms with Gasteiger partial charge in [-0.25, -0.2) is 8.42 Å². The van der Waals surface area contributed by atoms with E-state index < -0.39 is 10.0 Å². The molecule has 1 aliphatic heterocycles. The zero-order chi connectivity index (χ0) is 18.6. The van der Waals surface area contributed by atoms with Crippen LogP contribution in [0.25, 0.3) is 0 Å². The molecule has 5 nitrogen and oxygen atoms in total. The molecule has 0 unspecified atom stereocenters. The molecule has 1 heterocycles. The summed E-state index contributed by atoms with van der Waals surface area (Å²) in [7, 11) is -3.27. The lowest BCUT2D eigenvalue weighted by Crippen LogP contribution is -2.44. The number of allylic oxidation sites excluding steroid dienone is 2. The Balaban J connectivity index is 1.77. The molecule has 0 amide bonds. The molecular formula is C20H30N2O3S. The minimum absolute atomic E-state index is 0.125. The summed E-state index contributed by atoms with van der Waals surface area (Å²) < 4.78 is 32.4. The van der Waals surface area contributed by atoms with Crippen LogP contribution in [0.15, 0.2) is 42.1 Å². The van der Waals surface area contributed by atoms with Crippen LogP contribution in [0.3, 0.4) is 0 Å². The first-order valence-corrected chi connectivity index (χ1v) is 11.1. The normalized spacial score (nSPS) is 21.2. The summed E-state index contributed by atoms with van der Waals surface area (Å²) in [4.78, 5) is 2.19. The van der Waals surface area contributed by atoms with E-state index in [0.29, 0.717) is 32.8 Å². The zero-order valence-corrected chi connectivity index (χ0v) is 16.7. The SMILES string of the molecule is CC1(C)CCC=C(N(CCS(=O)(=O)N2CCOCC2)c2ccccc2)C1. The number of anilines is 1. The van der Waals surface area contributed by atoms with Gasteiger partial charge in [0.25, 0.3) is 0 Å². The van der Waals surface area contributed by atoms with Crippen molar-refractivity contribution in [3.63, 3.8) is 0 Å². The highest BCUT2D eigenvalue weighted by atomic mass is 32.2. The smallest absolute Gasteiger partial charge is 0.216 e. The Kier molecular flexibility index (Phi) is 6.05. The van der Waals surface area contributed by atoms with Crippen molar-refractivity contribution in [1.29, 1.82) is 0 Å². The highest BCUT2D eigenvalue weighted by Crippen LogP contribution is 2.37. The van der Waals surface area contributed by atoms with Gasteiger partial charge in [-0.3, -0.25) is 0 Å². The first kappa shape index (κ1) is 19.4.